The molecule has 0 fully saturated rings. The maximum absolute atomic E-state index is 11.9. The number of aliphatic hydroxyl groups excluding tert-OH is 1. The van der Waals surface area contributed by atoms with E-state index in [1.165, 1.54) is 12.1 Å². The molecule has 2 N–H and O–H groups in total. The van der Waals surface area contributed by atoms with E-state index in [1.54, 1.807) is 26.0 Å². The minimum Gasteiger partial charge on any atom is -0.396 e. The lowest BCUT2D eigenvalue weighted by Gasteiger charge is -2.17. The van der Waals surface area contributed by atoms with Gasteiger partial charge in [-0.2, -0.15) is 0 Å². The maximum atomic E-state index is 11.9. The van der Waals surface area contributed by atoms with Crippen molar-refractivity contribution in [3.63, 3.8) is 0 Å². The molecule has 1 amide bonds. The summed E-state index contributed by atoms with van der Waals surface area (Å²) in [5, 5.41) is 22.2. The Morgan fingerprint density at radius 2 is 2.16 bits per heavy atom. The van der Waals surface area contributed by atoms with E-state index in [0.717, 1.165) is 0 Å². The number of hydrogen-bond donors (Lipinski definition) is 2. The van der Waals surface area contributed by atoms with Crippen LogP contribution < -0.4 is 5.32 Å². The molecule has 1 rings (SSSR count). The second-order valence-electron chi connectivity index (χ2n) is 4.50. The Morgan fingerprint density at radius 1 is 1.47 bits per heavy atom. The highest BCUT2D eigenvalue weighted by atomic mass is 16.6. The van der Waals surface area contributed by atoms with Crippen LogP contribution in [0, 0.1) is 10.1 Å². The van der Waals surface area contributed by atoms with E-state index in [2.05, 4.69) is 5.32 Å². The Kier molecular flexibility index (Phi) is 5.44. The van der Waals surface area contributed by atoms with Crippen molar-refractivity contribution in [1.29, 1.82) is 0 Å². The predicted molar refractivity (Wildman–Crippen MR) is 70.8 cm³/mol. The fraction of sp³-hybridized carbons (Fsp3) is 0.462. The molecule has 0 saturated heterocycles. The van der Waals surface area contributed by atoms with E-state index in [-0.39, 0.29) is 24.2 Å². The highest BCUT2D eigenvalue weighted by Crippen LogP contribution is 2.20. The number of nitrogens with one attached hydrogen (secondary N) is 1. The van der Waals surface area contributed by atoms with Crippen LogP contribution in [0.1, 0.15) is 31.7 Å². The molecular weight excluding hydrogens is 248 g/mol. The number of rotatable bonds is 6. The van der Waals surface area contributed by atoms with E-state index in [0.29, 0.717) is 12.0 Å². The van der Waals surface area contributed by atoms with Gasteiger partial charge in [0.1, 0.15) is 0 Å². The van der Waals surface area contributed by atoms with Gasteiger partial charge in [0.2, 0.25) is 5.91 Å². The lowest BCUT2D eigenvalue weighted by atomic mass is 9.99. The van der Waals surface area contributed by atoms with Crippen molar-refractivity contribution in [2.24, 2.45) is 0 Å². The predicted octanol–water partition coefficient (Wildman–Crippen LogP) is 1.59. The molecule has 0 aliphatic rings. The second kappa shape index (κ2) is 6.84. The van der Waals surface area contributed by atoms with Gasteiger partial charge in [-0.3, -0.25) is 14.9 Å². The van der Waals surface area contributed by atoms with Crippen molar-refractivity contribution in [3.8, 4) is 0 Å². The quantitative estimate of drug-likeness (QED) is 0.604. The largest absolute Gasteiger partial charge is 0.396 e. The smallest absolute Gasteiger partial charge is 0.269 e. The molecule has 0 radical (unpaired) electrons. The zero-order valence-electron chi connectivity index (χ0n) is 11.0. The molecule has 0 aliphatic carbocycles. The number of carbonyl (C=O) groups excluding carboxylic acids is 1. The normalized spacial score (nSPS) is 13.6. The number of nitrogens with zero attached hydrogens (tertiary/aromatic N) is 1. The van der Waals surface area contributed by atoms with Gasteiger partial charge in [-0.15, -0.1) is 0 Å². The minimum atomic E-state index is -0.484. The van der Waals surface area contributed by atoms with Gasteiger partial charge < -0.3 is 10.4 Å². The van der Waals surface area contributed by atoms with Crippen molar-refractivity contribution in [3.05, 3.63) is 39.9 Å². The molecule has 0 heterocycles. The average molecular weight is 266 g/mol. The summed E-state index contributed by atoms with van der Waals surface area (Å²) in [6.45, 7) is 3.50. The standard InChI is InChI=1S/C13H18N2O4/c1-9(6-7-16)14-13(17)10(2)11-4-3-5-12(8-11)15(18)19/h3-5,8-10,16H,6-7H2,1-2H3,(H,14,17). The van der Waals surface area contributed by atoms with Crippen LogP contribution in [0.25, 0.3) is 0 Å². The van der Waals surface area contributed by atoms with Gasteiger partial charge in [-0.1, -0.05) is 12.1 Å². The van der Waals surface area contributed by atoms with E-state index >= 15 is 0 Å². The molecule has 19 heavy (non-hydrogen) atoms. The molecule has 0 aromatic heterocycles. The van der Waals surface area contributed by atoms with Crippen molar-refractivity contribution in [1.82, 2.24) is 5.32 Å². The number of aliphatic hydroxyl groups is 1. The first-order valence-corrected chi connectivity index (χ1v) is 6.11. The Morgan fingerprint density at radius 3 is 2.74 bits per heavy atom. The summed E-state index contributed by atoms with van der Waals surface area (Å²) in [4.78, 5) is 22.1. The number of amides is 1. The van der Waals surface area contributed by atoms with Gasteiger partial charge in [0.15, 0.2) is 0 Å². The van der Waals surface area contributed by atoms with Crippen LogP contribution in [0.3, 0.4) is 0 Å². The molecule has 2 unspecified atom stereocenters. The van der Waals surface area contributed by atoms with Crippen LogP contribution in [0.2, 0.25) is 0 Å². The number of nitro groups is 1. The summed E-state index contributed by atoms with van der Waals surface area (Å²) in [6.07, 6.45) is 0.480. The number of carbonyl (C=O) groups is 1. The third-order valence-electron chi connectivity index (χ3n) is 2.93. The molecule has 1 aromatic rings. The lowest BCUT2D eigenvalue weighted by molar-refractivity contribution is -0.384. The van der Waals surface area contributed by atoms with E-state index in [1.807, 2.05) is 0 Å². The average Bonchev–Trinajstić information content (AvgIpc) is 2.38. The monoisotopic (exact) mass is 266 g/mol. The van der Waals surface area contributed by atoms with Crippen molar-refractivity contribution in [2.45, 2.75) is 32.2 Å². The van der Waals surface area contributed by atoms with Crippen LogP contribution in [0.5, 0.6) is 0 Å². The van der Waals surface area contributed by atoms with Gasteiger partial charge >= 0.3 is 0 Å². The second-order valence-corrected chi connectivity index (χ2v) is 4.50. The zero-order chi connectivity index (χ0) is 14.4. The summed E-state index contributed by atoms with van der Waals surface area (Å²) in [7, 11) is 0. The topological polar surface area (TPSA) is 92.5 Å². The van der Waals surface area contributed by atoms with Crippen molar-refractivity contribution < 1.29 is 14.8 Å². The SMILES string of the molecule is CC(CCO)NC(=O)C(C)c1cccc([N+](=O)[O-])c1. The first kappa shape index (κ1) is 15.1. The van der Waals surface area contributed by atoms with Gasteiger partial charge in [-0.05, 0) is 25.8 Å². The molecule has 6 nitrogen and oxygen atoms in total. The third kappa shape index (κ3) is 4.33. The van der Waals surface area contributed by atoms with E-state index < -0.39 is 10.8 Å². The molecule has 0 aliphatic heterocycles. The summed E-state index contributed by atoms with van der Waals surface area (Å²) in [6, 6.07) is 5.92. The molecule has 6 heteroatoms. The van der Waals surface area contributed by atoms with Gasteiger partial charge in [0, 0.05) is 24.8 Å². The number of non-ortho nitro benzene ring substituents is 1. The van der Waals surface area contributed by atoms with Crippen LogP contribution in [0.4, 0.5) is 5.69 Å². The highest BCUT2D eigenvalue weighted by molar-refractivity contribution is 5.83. The fourth-order valence-electron chi connectivity index (χ4n) is 1.69. The summed E-state index contributed by atoms with van der Waals surface area (Å²) in [5.41, 5.74) is 0.573. The van der Waals surface area contributed by atoms with Crippen LogP contribution in [-0.2, 0) is 4.79 Å². The minimum absolute atomic E-state index is 0.00658. The molecule has 0 spiro atoms. The van der Waals surface area contributed by atoms with E-state index in [9.17, 15) is 14.9 Å². The Bertz CT molecular complexity index is 462. The lowest BCUT2D eigenvalue weighted by Crippen LogP contribution is -2.36. The first-order chi connectivity index (χ1) is 8.95. The van der Waals surface area contributed by atoms with Crippen molar-refractivity contribution >= 4 is 11.6 Å². The Labute approximate surface area is 111 Å². The Balaban J connectivity index is 2.76. The van der Waals surface area contributed by atoms with Crippen LogP contribution >= 0.6 is 0 Å². The van der Waals surface area contributed by atoms with E-state index in [4.69, 9.17) is 5.11 Å². The van der Waals surface area contributed by atoms with Gasteiger partial charge in [0.05, 0.1) is 10.8 Å². The summed E-state index contributed by atoms with van der Waals surface area (Å²) >= 11 is 0. The van der Waals surface area contributed by atoms with Gasteiger partial charge in [0.25, 0.3) is 5.69 Å². The Hall–Kier alpha value is -1.95. The van der Waals surface area contributed by atoms with Crippen LogP contribution in [-0.4, -0.2) is 28.6 Å². The highest BCUT2D eigenvalue weighted by Gasteiger charge is 2.18. The van der Waals surface area contributed by atoms with Gasteiger partial charge in [-0.25, -0.2) is 0 Å². The number of hydrogen-bond acceptors (Lipinski definition) is 4. The van der Waals surface area contributed by atoms with Crippen molar-refractivity contribution in [2.75, 3.05) is 6.61 Å². The first-order valence-electron chi connectivity index (χ1n) is 6.11. The molecule has 0 bridgehead atoms. The third-order valence-corrected chi connectivity index (χ3v) is 2.93. The molecule has 104 valence electrons. The maximum Gasteiger partial charge on any atom is 0.269 e. The van der Waals surface area contributed by atoms with Crippen LogP contribution in [0.15, 0.2) is 24.3 Å². The fourth-order valence-corrected chi connectivity index (χ4v) is 1.69. The zero-order valence-corrected chi connectivity index (χ0v) is 11.0. The summed E-state index contributed by atoms with van der Waals surface area (Å²) < 4.78 is 0. The molecule has 2 atom stereocenters. The number of nitro benzene ring substituents is 1. The summed E-state index contributed by atoms with van der Waals surface area (Å²) in [5.74, 6) is -0.678. The number of benzene rings is 1. The molecular formula is C13H18N2O4. The molecule has 0 saturated carbocycles. The molecule has 1 aromatic carbocycles.